The molecule has 2 rings (SSSR count). The third-order valence-corrected chi connectivity index (χ3v) is 2.55. The summed E-state index contributed by atoms with van der Waals surface area (Å²) >= 11 is 5.89. The first kappa shape index (κ1) is 12.6. The van der Waals surface area contributed by atoms with Crippen LogP contribution < -0.4 is 5.32 Å². The zero-order chi connectivity index (χ0) is 13.1. The van der Waals surface area contributed by atoms with Crippen molar-refractivity contribution in [3.05, 3.63) is 35.2 Å². The van der Waals surface area contributed by atoms with Gasteiger partial charge in [0.2, 0.25) is 17.6 Å². The SMILES string of the molecule is CC(=O)NC(C)c1nc(-c2cccc(Cl)c2)no1. The average Bonchev–Trinajstić information content (AvgIpc) is 2.77. The van der Waals surface area contributed by atoms with Crippen molar-refractivity contribution < 1.29 is 9.32 Å². The molecule has 2 aromatic rings. The van der Waals surface area contributed by atoms with Crippen LogP contribution in [0.4, 0.5) is 0 Å². The highest BCUT2D eigenvalue weighted by molar-refractivity contribution is 6.30. The Balaban J connectivity index is 2.22. The van der Waals surface area contributed by atoms with E-state index in [-0.39, 0.29) is 11.9 Å². The van der Waals surface area contributed by atoms with Crippen LogP contribution in [0.5, 0.6) is 0 Å². The fraction of sp³-hybridized carbons (Fsp3) is 0.250. The summed E-state index contributed by atoms with van der Waals surface area (Å²) in [5.41, 5.74) is 0.771. The molecule has 0 aliphatic carbocycles. The summed E-state index contributed by atoms with van der Waals surface area (Å²) < 4.78 is 5.10. The van der Waals surface area contributed by atoms with E-state index in [1.54, 1.807) is 19.1 Å². The lowest BCUT2D eigenvalue weighted by atomic mass is 10.2. The van der Waals surface area contributed by atoms with Gasteiger partial charge in [-0.15, -0.1) is 0 Å². The van der Waals surface area contributed by atoms with Crippen LogP contribution in [0.25, 0.3) is 11.4 Å². The maximum atomic E-state index is 10.9. The van der Waals surface area contributed by atoms with Crippen molar-refractivity contribution in [2.24, 2.45) is 0 Å². The molecule has 1 N–H and O–H groups in total. The van der Waals surface area contributed by atoms with Gasteiger partial charge < -0.3 is 9.84 Å². The van der Waals surface area contributed by atoms with Crippen LogP contribution in [0, 0.1) is 0 Å². The third-order valence-electron chi connectivity index (χ3n) is 2.31. The van der Waals surface area contributed by atoms with E-state index in [9.17, 15) is 4.79 Å². The predicted molar refractivity (Wildman–Crippen MR) is 67.0 cm³/mol. The van der Waals surface area contributed by atoms with Gasteiger partial charge in [0.25, 0.3) is 0 Å². The molecule has 5 nitrogen and oxygen atoms in total. The Morgan fingerprint density at radius 1 is 1.50 bits per heavy atom. The van der Waals surface area contributed by atoms with Gasteiger partial charge in [-0.05, 0) is 19.1 Å². The smallest absolute Gasteiger partial charge is 0.249 e. The first-order valence-electron chi connectivity index (χ1n) is 5.43. The molecule has 1 unspecified atom stereocenters. The number of amides is 1. The van der Waals surface area contributed by atoms with Gasteiger partial charge in [-0.25, -0.2) is 0 Å². The van der Waals surface area contributed by atoms with Gasteiger partial charge in [-0.3, -0.25) is 4.79 Å². The normalized spacial score (nSPS) is 12.2. The molecule has 0 aliphatic heterocycles. The molecule has 0 saturated carbocycles. The second kappa shape index (κ2) is 5.18. The second-order valence-corrected chi connectivity index (χ2v) is 4.33. The Hall–Kier alpha value is -1.88. The van der Waals surface area contributed by atoms with Gasteiger partial charge in [0, 0.05) is 17.5 Å². The van der Waals surface area contributed by atoms with E-state index in [0.29, 0.717) is 16.7 Å². The number of aromatic nitrogens is 2. The van der Waals surface area contributed by atoms with E-state index in [1.807, 2.05) is 12.1 Å². The summed E-state index contributed by atoms with van der Waals surface area (Å²) in [6, 6.07) is 6.85. The number of hydrogen-bond donors (Lipinski definition) is 1. The van der Waals surface area contributed by atoms with Crippen LogP contribution in [0.3, 0.4) is 0 Å². The Morgan fingerprint density at radius 2 is 2.28 bits per heavy atom. The Labute approximate surface area is 109 Å². The number of carbonyl (C=O) groups is 1. The van der Waals surface area contributed by atoms with E-state index in [0.717, 1.165) is 5.56 Å². The minimum atomic E-state index is -0.317. The van der Waals surface area contributed by atoms with E-state index in [2.05, 4.69) is 15.5 Å². The largest absolute Gasteiger partial charge is 0.345 e. The quantitative estimate of drug-likeness (QED) is 0.926. The van der Waals surface area contributed by atoms with Crippen LogP contribution in [0.2, 0.25) is 5.02 Å². The molecule has 1 aromatic carbocycles. The summed E-state index contributed by atoms with van der Waals surface area (Å²) in [5.74, 6) is 0.662. The molecule has 0 saturated heterocycles. The van der Waals surface area contributed by atoms with Crippen LogP contribution in [0.15, 0.2) is 28.8 Å². The van der Waals surface area contributed by atoms with Crippen molar-refractivity contribution >= 4 is 17.5 Å². The average molecular weight is 266 g/mol. The van der Waals surface area contributed by atoms with Crippen LogP contribution in [0.1, 0.15) is 25.8 Å². The molecule has 1 heterocycles. The first-order valence-corrected chi connectivity index (χ1v) is 5.80. The van der Waals surface area contributed by atoms with Gasteiger partial charge in [0.15, 0.2) is 0 Å². The lowest BCUT2D eigenvalue weighted by Crippen LogP contribution is -2.23. The Kier molecular flexibility index (Phi) is 3.62. The highest BCUT2D eigenvalue weighted by atomic mass is 35.5. The van der Waals surface area contributed by atoms with Crippen molar-refractivity contribution in [1.29, 1.82) is 0 Å². The summed E-state index contributed by atoms with van der Waals surface area (Å²) in [6.45, 7) is 3.21. The minimum absolute atomic E-state index is 0.148. The molecule has 0 bridgehead atoms. The van der Waals surface area contributed by atoms with Crippen molar-refractivity contribution in [3.8, 4) is 11.4 Å². The molecule has 1 aromatic heterocycles. The maximum absolute atomic E-state index is 10.9. The fourth-order valence-corrected chi connectivity index (χ4v) is 1.71. The van der Waals surface area contributed by atoms with E-state index in [1.165, 1.54) is 6.92 Å². The standard InChI is InChI=1S/C12H12ClN3O2/c1-7(14-8(2)17)12-15-11(16-18-12)9-4-3-5-10(13)6-9/h3-7H,1-2H3,(H,14,17). The minimum Gasteiger partial charge on any atom is -0.345 e. The number of nitrogens with one attached hydrogen (secondary N) is 1. The van der Waals surface area contributed by atoms with Crippen LogP contribution in [-0.4, -0.2) is 16.0 Å². The molecule has 0 fully saturated rings. The molecular weight excluding hydrogens is 254 g/mol. The number of rotatable bonds is 3. The number of nitrogens with zero attached hydrogens (tertiary/aromatic N) is 2. The molecule has 0 radical (unpaired) electrons. The summed E-state index contributed by atoms with van der Waals surface area (Å²) in [6.07, 6.45) is 0. The number of halogens is 1. The topological polar surface area (TPSA) is 68.0 Å². The fourth-order valence-electron chi connectivity index (χ4n) is 1.52. The number of hydrogen-bond acceptors (Lipinski definition) is 4. The molecule has 18 heavy (non-hydrogen) atoms. The van der Waals surface area contributed by atoms with Crippen molar-refractivity contribution in [3.63, 3.8) is 0 Å². The second-order valence-electron chi connectivity index (χ2n) is 3.89. The van der Waals surface area contributed by atoms with Gasteiger partial charge in [-0.2, -0.15) is 4.98 Å². The van der Waals surface area contributed by atoms with Crippen molar-refractivity contribution in [2.45, 2.75) is 19.9 Å². The highest BCUT2D eigenvalue weighted by Gasteiger charge is 2.15. The summed E-state index contributed by atoms with van der Waals surface area (Å²) in [7, 11) is 0. The van der Waals surface area contributed by atoms with Gasteiger partial charge in [0.05, 0.1) is 0 Å². The molecule has 0 aliphatic rings. The molecule has 94 valence electrons. The lowest BCUT2D eigenvalue weighted by Gasteiger charge is -2.05. The van der Waals surface area contributed by atoms with Crippen LogP contribution in [-0.2, 0) is 4.79 Å². The van der Waals surface area contributed by atoms with Crippen LogP contribution >= 0.6 is 11.6 Å². The third kappa shape index (κ3) is 2.87. The summed E-state index contributed by atoms with van der Waals surface area (Å²) in [5, 5.41) is 7.14. The lowest BCUT2D eigenvalue weighted by molar-refractivity contribution is -0.119. The Morgan fingerprint density at radius 3 is 2.94 bits per heavy atom. The number of benzene rings is 1. The van der Waals surface area contributed by atoms with Gasteiger partial charge in [0.1, 0.15) is 6.04 Å². The van der Waals surface area contributed by atoms with Gasteiger partial charge >= 0.3 is 0 Å². The summed E-state index contributed by atoms with van der Waals surface area (Å²) in [4.78, 5) is 15.2. The maximum Gasteiger partial charge on any atom is 0.249 e. The zero-order valence-corrected chi connectivity index (χ0v) is 10.7. The highest BCUT2D eigenvalue weighted by Crippen LogP contribution is 2.21. The van der Waals surface area contributed by atoms with E-state index >= 15 is 0 Å². The monoisotopic (exact) mass is 265 g/mol. The first-order chi connectivity index (χ1) is 8.56. The Bertz CT molecular complexity index is 568. The van der Waals surface area contributed by atoms with E-state index in [4.69, 9.17) is 16.1 Å². The number of carbonyl (C=O) groups excluding carboxylic acids is 1. The molecular formula is C12H12ClN3O2. The van der Waals surface area contributed by atoms with E-state index < -0.39 is 0 Å². The molecule has 1 amide bonds. The van der Waals surface area contributed by atoms with Crippen molar-refractivity contribution in [1.82, 2.24) is 15.5 Å². The van der Waals surface area contributed by atoms with Gasteiger partial charge in [-0.1, -0.05) is 28.9 Å². The zero-order valence-electron chi connectivity index (χ0n) is 9.98. The molecule has 0 spiro atoms. The molecule has 6 heteroatoms. The predicted octanol–water partition coefficient (Wildman–Crippen LogP) is 2.59. The van der Waals surface area contributed by atoms with Crippen molar-refractivity contribution in [2.75, 3.05) is 0 Å². The molecule has 1 atom stereocenters.